The largest absolute Gasteiger partial charge is 0.328 e. The molecular formula is C12H24N4. The number of rotatable bonds is 4. The van der Waals surface area contributed by atoms with Crippen molar-refractivity contribution in [3.63, 3.8) is 0 Å². The quantitative estimate of drug-likeness (QED) is 0.850. The summed E-state index contributed by atoms with van der Waals surface area (Å²) >= 11 is 0. The SMILES string of the molecule is CCc1nc(CC)n(C(CN)C(C)(C)C)n1. The van der Waals surface area contributed by atoms with Crippen molar-refractivity contribution in [2.24, 2.45) is 11.1 Å². The molecule has 0 aliphatic rings. The van der Waals surface area contributed by atoms with Crippen molar-refractivity contribution in [2.75, 3.05) is 6.54 Å². The van der Waals surface area contributed by atoms with Crippen molar-refractivity contribution in [3.05, 3.63) is 11.6 Å². The molecule has 4 nitrogen and oxygen atoms in total. The van der Waals surface area contributed by atoms with Gasteiger partial charge in [0, 0.05) is 19.4 Å². The van der Waals surface area contributed by atoms with Crippen molar-refractivity contribution in [2.45, 2.75) is 53.5 Å². The van der Waals surface area contributed by atoms with E-state index >= 15 is 0 Å². The summed E-state index contributed by atoms with van der Waals surface area (Å²) in [6, 6.07) is 0.218. The molecule has 0 aromatic carbocycles. The first-order chi connectivity index (χ1) is 7.43. The smallest absolute Gasteiger partial charge is 0.150 e. The molecule has 92 valence electrons. The van der Waals surface area contributed by atoms with Crippen molar-refractivity contribution < 1.29 is 0 Å². The first-order valence-electron chi connectivity index (χ1n) is 6.08. The normalized spacial score (nSPS) is 14.1. The fourth-order valence-corrected chi connectivity index (χ4v) is 1.87. The lowest BCUT2D eigenvalue weighted by Gasteiger charge is -2.30. The Hall–Kier alpha value is -0.900. The fourth-order valence-electron chi connectivity index (χ4n) is 1.87. The Morgan fingerprint density at radius 1 is 1.25 bits per heavy atom. The van der Waals surface area contributed by atoms with Gasteiger partial charge >= 0.3 is 0 Å². The van der Waals surface area contributed by atoms with Gasteiger partial charge in [0.15, 0.2) is 5.82 Å². The van der Waals surface area contributed by atoms with Crippen LogP contribution in [-0.2, 0) is 12.8 Å². The molecule has 2 N–H and O–H groups in total. The highest BCUT2D eigenvalue weighted by Crippen LogP contribution is 2.29. The summed E-state index contributed by atoms with van der Waals surface area (Å²) in [4.78, 5) is 4.53. The molecule has 0 bridgehead atoms. The van der Waals surface area contributed by atoms with Gasteiger partial charge in [-0.15, -0.1) is 0 Å². The maximum Gasteiger partial charge on any atom is 0.150 e. The zero-order valence-corrected chi connectivity index (χ0v) is 11.1. The highest BCUT2D eigenvalue weighted by atomic mass is 15.4. The van der Waals surface area contributed by atoms with Gasteiger partial charge in [-0.1, -0.05) is 34.6 Å². The summed E-state index contributed by atoms with van der Waals surface area (Å²) in [5.74, 6) is 1.96. The maximum absolute atomic E-state index is 5.88. The Morgan fingerprint density at radius 3 is 2.25 bits per heavy atom. The van der Waals surface area contributed by atoms with Gasteiger partial charge in [-0.25, -0.2) is 9.67 Å². The third kappa shape index (κ3) is 2.61. The molecule has 0 radical (unpaired) electrons. The number of aromatic nitrogens is 3. The van der Waals surface area contributed by atoms with E-state index in [2.05, 4.69) is 44.7 Å². The van der Waals surface area contributed by atoms with Crippen LogP contribution in [0.25, 0.3) is 0 Å². The van der Waals surface area contributed by atoms with Crippen molar-refractivity contribution in [3.8, 4) is 0 Å². The molecular weight excluding hydrogens is 200 g/mol. The van der Waals surface area contributed by atoms with Gasteiger partial charge in [0.05, 0.1) is 6.04 Å². The number of aryl methyl sites for hydroxylation is 2. The Morgan fingerprint density at radius 2 is 1.88 bits per heavy atom. The number of nitrogens with zero attached hydrogens (tertiary/aromatic N) is 3. The van der Waals surface area contributed by atoms with Crippen LogP contribution >= 0.6 is 0 Å². The van der Waals surface area contributed by atoms with Gasteiger partial charge in [-0.3, -0.25) is 0 Å². The number of hydrogen-bond acceptors (Lipinski definition) is 3. The first kappa shape index (κ1) is 13.2. The van der Waals surface area contributed by atoms with E-state index < -0.39 is 0 Å². The Bertz CT molecular complexity index is 335. The third-order valence-electron chi connectivity index (χ3n) is 2.90. The second-order valence-electron chi connectivity index (χ2n) is 5.21. The molecule has 1 unspecified atom stereocenters. The van der Waals surface area contributed by atoms with Crippen LogP contribution in [0, 0.1) is 5.41 Å². The lowest BCUT2D eigenvalue weighted by Crippen LogP contribution is -2.33. The van der Waals surface area contributed by atoms with Crippen LogP contribution in [0.2, 0.25) is 0 Å². The molecule has 1 aromatic rings. The molecule has 0 amide bonds. The third-order valence-corrected chi connectivity index (χ3v) is 2.90. The average molecular weight is 224 g/mol. The lowest BCUT2D eigenvalue weighted by molar-refractivity contribution is 0.225. The highest BCUT2D eigenvalue weighted by molar-refractivity contribution is 4.97. The topological polar surface area (TPSA) is 56.7 Å². The predicted molar refractivity (Wildman–Crippen MR) is 66.3 cm³/mol. The van der Waals surface area contributed by atoms with Crippen LogP contribution in [0.15, 0.2) is 0 Å². The van der Waals surface area contributed by atoms with E-state index in [1.54, 1.807) is 0 Å². The molecule has 0 saturated carbocycles. The minimum absolute atomic E-state index is 0.109. The van der Waals surface area contributed by atoms with E-state index in [1.807, 2.05) is 4.68 Å². The van der Waals surface area contributed by atoms with E-state index in [9.17, 15) is 0 Å². The monoisotopic (exact) mass is 224 g/mol. The standard InChI is InChI=1S/C12H24N4/c1-6-10-14-11(7-2)16(15-10)9(8-13)12(3,4)5/h9H,6-8,13H2,1-5H3. The molecule has 4 heteroatoms. The van der Waals surface area contributed by atoms with E-state index in [4.69, 9.17) is 5.73 Å². The molecule has 0 fully saturated rings. The van der Waals surface area contributed by atoms with Crippen LogP contribution in [-0.4, -0.2) is 21.3 Å². The van der Waals surface area contributed by atoms with E-state index in [0.717, 1.165) is 24.5 Å². The maximum atomic E-state index is 5.88. The zero-order chi connectivity index (χ0) is 12.3. The van der Waals surface area contributed by atoms with Gasteiger partial charge in [-0.2, -0.15) is 5.10 Å². The van der Waals surface area contributed by atoms with Crippen molar-refractivity contribution in [1.82, 2.24) is 14.8 Å². The summed E-state index contributed by atoms with van der Waals surface area (Å²) in [5.41, 5.74) is 5.99. The van der Waals surface area contributed by atoms with E-state index in [-0.39, 0.29) is 11.5 Å². The fraction of sp³-hybridized carbons (Fsp3) is 0.833. The predicted octanol–water partition coefficient (Wildman–Crippen LogP) is 1.95. The van der Waals surface area contributed by atoms with Crippen LogP contribution in [0.1, 0.15) is 52.3 Å². The molecule has 1 heterocycles. The molecule has 0 aliphatic carbocycles. The van der Waals surface area contributed by atoms with Crippen LogP contribution < -0.4 is 5.73 Å². The summed E-state index contributed by atoms with van der Waals surface area (Å²) < 4.78 is 2.03. The van der Waals surface area contributed by atoms with E-state index in [0.29, 0.717) is 6.54 Å². The summed E-state index contributed by atoms with van der Waals surface area (Å²) in [6.45, 7) is 11.4. The summed E-state index contributed by atoms with van der Waals surface area (Å²) in [7, 11) is 0. The van der Waals surface area contributed by atoms with Crippen LogP contribution in [0.5, 0.6) is 0 Å². The summed E-state index contributed by atoms with van der Waals surface area (Å²) in [6.07, 6.45) is 1.78. The number of nitrogens with two attached hydrogens (primary N) is 1. The van der Waals surface area contributed by atoms with Crippen molar-refractivity contribution >= 4 is 0 Å². The minimum Gasteiger partial charge on any atom is -0.328 e. The minimum atomic E-state index is 0.109. The lowest BCUT2D eigenvalue weighted by atomic mass is 9.87. The second kappa shape index (κ2) is 4.95. The Balaban J connectivity index is 3.13. The highest BCUT2D eigenvalue weighted by Gasteiger charge is 2.28. The van der Waals surface area contributed by atoms with E-state index in [1.165, 1.54) is 0 Å². The van der Waals surface area contributed by atoms with Gasteiger partial charge in [0.2, 0.25) is 0 Å². The average Bonchev–Trinajstić information content (AvgIpc) is 2.60. The number of hydrogen-bond donors (Lipinski definition) is 1. The van der Waals surface area contributed by atoms with Crippen LogP contribution in [0.3, 0.4) is 0 Å². The molecule has 1 rings (SSSR count). The molecule has 1 atom stereocenters. The van der Waals surface area contributed by atoms with Gasteiger partial charge in [-0.05, 0) is 5.41 Å². The second-order valence-corrected chi connectivity index (χ2v) is 5.21. The zero-order valence-electron chi connectivity index (χ0n) is 11.1. The van der Waals surface area contributed by atoms with Gasteiger partial charge in [0.1, 0.15) is 5.82 Å². The Labute approximate surface area is 98.2 Å². The first-order valence-corrected chi connectivity index (χ1v) is 6.08. The van der Waals surface area contributed by atoms with Gasteiger partial charge in [0.25, 0.3) is 0 Å². The molecule has 16 heavy (non-hydrogen) atoms. The Kier molecular flexibility index (Phi) is 4.08. The molecule has 0 saturated heterocycles. The van der Waals surface area contributed by atoms with Gasteiger partial charge < -0.3 is 5.73 Å². The van der Waals surface area contributed by atoms with Crippen molar-refractivity contribution in [1.29, 1.82) is 0 Å². The molecule has 0 spiro atoms. The molecule has 0 aliphatic heterocycles. The van der Waals surface area contributed by atoms with Crippen LogP contribution in [0.4, 0.5) is 0 Å². The molecule has 1 aromatic heterocycles. The summed E-state index contributed by atoms with van der Waals surface area (Å²) in [5, 5.41) is 4.56.